The van der Waals surface area contributed by atoms with Gasteiger partial charge in [-0.05, 0) is 11.1 Å². The van der Waals surface area contributed by atoms with Crippen molar-refractivity contribution in [3.63, 3.8) is 0 Å². The van der Waals surface area contributed by atoms with Gasteiger partial charge in [0.25, 0.3) is 16.8 Å². The minimum atomic E-state index is -1.21. The lowest BCUT2D eigenvalue weighted by atomic mass is 10.1. The number of nitrogens with zero attached hydrogens (tertiary/aromatic N) is 3. The molecule has 0 bridgehead atoms. The van der Waals surface area contributed by atoms with Gasteiger partial charge in [-0.1, -0.05) is 24.3 Å². The number of carbonyl (C=O) groups excluding carboxylic acids is 1. The number of hydrogen-bond donors (Lipinski definition) is 4. The number of rotatable bonds is 7. The molecular formula is C20H16N6O5. The number of nitrogen functional groups attached to an aromatic ring is 1. The number of carboxylic acids is 1. The third-order valence-corrected chi connectivity index (χ3v) is 4.69. The van der Waals surface area contributed by atoms with Crippen molar-refractivity contribution in [3.05, 3.63) is 85.7 Å². The number of aromatic carboxylic acids is 1. The van der Waals surface area contributed by atoms with E-state index in [4.69, 9.17) is 5.73 Å². The summed E-state index contributed by atoms with van der Waals surface area (Å²) in [6.45, 7) is 0.440. The van der Waals surface area contributed by atoms with E-state index in [1.165, 1.54) is 22.9 Å². The number of fused-ring (bicyclic) bond motifs is 1. The second kappa shape index (κ2) is 7.71. The van der Waals surface area contributed by atoms with E-state index in [-0.39, 0.29) is 41.6 Å². The van der Waals surface area contributed by atoms with Gasteiger partial charge in [0.05, 0.1) is 0 Å². The minimum Gasteiger partial charge on any atom is -0.477 e. The Morgan fingerprint density at radius 3 is 2.55 bits per heavy atom. The third-order valence-electron chi connectivity index (χ3n) is 4.69. The normalized spacial score (nSPS) is 11.0. The molecule has 0 unspecified atom stereocenters. The lowest BCUT2D eigenvalue weighted by Gasteiger charge is -2.11. The summed E-state index contributed by atoms with van der Waals surface area (Å²) in [5.74, 6) is -1.65. The maximum absolute atomic E-state index is 12.5. The van der Waals surface area contributed by atoms with Crippen LogP contribution in [0.4, 0.5) is 11.4 Å². The van der Waals surface area contributed by atoms with Gasteiger partial charge in [0.15, 0.2) is 0 Å². The van der Waals surface area contributed by atoms with Gasteiger partial charge in [-0.3, -0.25) is 18.8 Å². The van der Waals surface area contributed by atoms with Crippen LogP contribution in [0.5, 0.6) is 0 Å². The van der Waals surface area contributed by atoms with Crippen molar-refractivity contribution >= 4 is 29.0 Å². The molecule has 2 aromatic carbocycles. The summed E-state index contributed by atoms with van der Waals surface area (Å²) in [6, 6.07) is 8.38. The van der Waals surface area contributed by atoms with E-state index in [1.54, 1.807) is 12.1 Å². The lowest BCUT2D eigenvalue weighted by molar-refractivity contribution is 0.0688. The first-order chi connectivity index (χ1) is 14.8. The van der Waals surface area contributed by atoms with Gasteiger partial charge < -0.3 is 21.5 Å². The average Bonchev–Trinajstić information content (AvgIpc) is 3.25. The zero-order valence-corrected chi connectivity index (χ0v) is 16.0. The molecule has 31 heavy (non-hydrogen) atoms. The molecule has 0 aliphatic carbocycles. The predicted octanol–water partition coefficient (Wildman–Crippen LogP) is 0.148. The third kappa shape index (κ3) is 3.71. The first-order valence-electron chi connectivity index (χ1n) is 9.11. The van der Waals surface area contributed by atoms with Crippen molar-refractivity contribution < 1.29 is 14.7 Å². The summed E-state index contributed by atoms with van der Waals surface area (Å²) in [7, 11) is 0. The van der Waals surface area contributed by atoms with Crippen molar-refractivity contribution in [2.24, 2.45) is 0 Å². The van der Waals surface area contributed by atoms with Crippen molar-refractivity contribution in [2.45, 2.75) is 13.1 Å². The number of amides is 1. The van der Waals surface area contributed by atoms with E-state index in [0.717, 1.165) is 11.1 Å². The van der Waals surface area contributed by atoms with Crippen molar-refractivity contribution in [2.75, 3.05) is 11.1 Å². The summed E-state index contributed by atoms with van der Waals surface area (Å²) < 4.78 is 1.28. The second-order valence-electron chi connectivity index (χ2n) is 6.73. The minimum absolute atomic E-state index is 0.0653. The van der Waals surface area contributed by atoms with Crippen LogP contribution >= 0.6 is 0 Å². The van der Waals surface area contributed by atoms with Gasteiger partial charge in [-0.15, -0.1) is 0 Å². The van der Waals surface area contributed by atoms with Crippen LogP contribution < -0.4 is 27.2 Å². The van der Waals surface area contributed by atoms with Crippen LogP contribution in [0.15, 0.2) is 52.3 Å². The number of anilines is 2. The molecule has 156 valence electrons. The Bertz CT molecular complexity index is 1400. The Balaban J connectivity index is 1.44. The maximum atomic E-state index is 12.5. The SMILES string of the molecule is Nc1c(NCc2cccc(CNC(=O)c3cc(C(=O)O)n4ccnc4n3)c2)c(=O)c1=O. The fraction of sp³-hybridized carbons (Fsp3) is 0.100. The molecule has 0 aliphatic heterocycles. The Morgan fingerprint density at radius 1 is 1.10 bits per heavy atom. The van der Waals surface area contributed by atoms with Gasteiger partial charge in [0.2, 0.25) is 5.78 Å². The summed E-state index contributed by atoms with van der Waals surface area (Å²) in [4.78, 5) is 54.6. The highest BCUT2D eigenvalue weighted by Gasteiger charge is 2.18. The zero-order valence-electron chi connectivity index (χ0n) is 16.0. The van der Waals surface area contributed by atoms with Gasteiger partial charge >= 0.3 is 5.97 Å². The molecule has 0 radical (unpaired) electrons. The van der Waals surface area contributed by atoms with E-state index in [2.05, 4.69) is 20.6 Å². The molecule has 1 amide bonds. The standard InChI is InChI=1S/C20H16N6O5/c21-14-15(17(28)16(14)27)23-8-10-2-1-3-11(6-10)9-24-18(29)12-7-13(19(30)31)26-5-4-22-20(26)25-12/h1-7,23H,8-9,21H2,(H,24,29)(H,30,31). The highest BCUT2D eigenvalue weighted by Crippen LogP contribution is 2.13. The molecule has 2 aromatic heterocycles. The molecule has 11 heteroatoms. The van der Waals surface area contributed by atoms with Crippen molar-refractivity contribution in [3.8, 4) is 0 Å². The fourth-order valence-corrected chi connectivity index (χ4v) is 3.08. The zero-order chi connectivity index (χ0) is 22.1. The number of imidazole rings is 1. The smallest absolute Gasteiger partial charge is 0.353 e. The topological polar surface area (TPSA) is 169 Å². The van der Waals surface area contributed by atoms with Crippen LogP contribution in [0.3, 0.4) is 0 Å². The molecule has 0 spiro atoms. The van der Waals surface area contributed by atoms with Crippen molar-refractivity contribution in [1.82, 2.24) is 19.7 Å². The molecular weight excluding hydrogens is 404 g/mol. The molecule has 5 N–H and O–H groups in total. The van der Waals surface area contributed by atoms with Crippen LogP contribution in [-0.4, -0.2) is 31.4 Å². The Morgan fingerprint density at radius 2 is 1.84 bits per heavy atom. The molecule has 0 saturated carbocycles. The van der Waals surface area contributed by atoms with Gasteiger partial charge in [0.1, 0.15) is 22.8 Å². The number of nitrogens with one attached hydrogen (secondary N) is 2. The number of carbonyl (C=O) groups is 2. The van der Waals surface area contributed by atoms with Crippen LogP contribution in [0.25, 0.3) is 5.78 Å². The summed E-state index contributed by atoms with van der Waals surface area (Å²) in [6.07, 6.45) is 2.84. The Kier molecular flexibility index (Phi) is 4.91. The summed E-state index contributed by atoms with van der Waals surface area (Å²) in [5, 5.41) is 14.9. The van der Waals surface area contributed by atoms with E-state index in [9.17, 15) is 24.3 Å². The van der Waals surface area contributed by atoms with E-state index < -0.39 is 22.7 Å². The summed E-state index contributed by atoms with van der Waals surface area (Å²) >= 11 is 0. The molecule has 4 rings (SSSR count). The van der Waals surface area contributed by atoms with Gasteiger partial charge in [-0.25, -0.2) is 14.8 Å². The maximum Gasteiger partial charge on any atom is 0.353 e. The van der Waals surface area contributed by atoms with E-state index >= 15 is 0 Å². The number of hydrogen-bond acceptors (Lipinski definition) is 8. The molecule has 4 aromatic rings. The van der Waals surface area contributed by atoms with Gasteiger partial charge in [0, 0.05) is 31.5 Å². The predicted molar refractivity (Wildman–Crippen MR) is 111 cm³/mol. The first-order valence-corrected chi connectivity index (χ1v) is 9.11. The van der Waals surface area contributed by atoms with Crippen LogP contribution in [-0.2, 0) is 13.1 Å². The summed E-state index contributed by atoms with van der Waals surface area (Å²) in [5.41, 5.74) is 5.59. The van der Waals surface area contributed by atoms with E-state index in [1.807, 2.05) is 12.1 Å². The quantitative estimate of drug-likeness (QED) is 0.304. The van der Waals surface area contributed by atoms with Gasteiger partial charge in [-0.2, -0.15) is 0 Å². The van der Waals surface area contributed by atoms with Crippen LogP contribution in [0.1, 0.15) is 32.1 Å². The molecule has 2 heterocycles. The molecule has 0 saturated heterocycles. The monoisotopic (exact) mass is 420 g/mol. The number of carboxylic acid groups (broad SMARTS) is 1. The largest absolute Gasteiger partial charge is 0.477 e. The van der Waals surface area contributed by atoms with Crippen LogP contribution in [0, 0.1) is 0 Å². The molecule has 0 fully saturated rings. The van der Waals surface area contributed by atoms with Crippen molar-refractivity contribution in [1.29, 1.82) is 0 Å². The Labute approximate surface area is 173 Å². The number of aromatic nitrogens is 3. The second-order valence-corrected chi connectivity index (χ2v) is 6.73. The molecule has 0 atom stereocenters. The number of benzene rings is 1. The van der Waals surface area contributed by atoms with Crippen LogP contribution in [0.2, 0.25) is 0 Å². The Hall–Kier alpha value is -4.54. The van der Waals surface area contributed by atoms with E-state index in [0.29, 0.717) is 0 Å². The molecule has 0 aliphatic rings. The first kappa shape index (κ1) is 19.8. The highest BCUT2D eigenvalue weighted by atomic mass is 16.4. The lowest BCUT2D eigenvalue weighted by Crippen LogP contribution is -2.36. The average molecular weight is 420 g/mol. The number of nitrogens with two attached hydrogens (primary N) is 1. The highest BCUT2D eigenvalue weighted by molar-refractivity contribution is 5.95. The fourth-order valence-electron chi connectivity index (χ4n) is 3.08. The molecule has 11 nitrogen and oxygen atoms in total.